The first-order valence-corrected chi connectivity index (χ1v) is 4.84. The highest BCUT2D eigenvalue weighted by Crippen LogP contribution is 2.13. The van der Waals surface area contributed by atoms with Gasteiger partial charge in [0.1, 0.15) is 5.75 Å². The predicted octanol–water partition coefficient (Wildman–Crippen LogP) is 0.487. The van der Waals surface area contributed by atoms with E-state index in [1.165, 1.54) is 16.9 Å². The molecule has 1 N–H and O–H groups in total. The summed E-state index contributed by atoms with van der Waals surface area (Å²) in [5.41, 5.74) is 0.218. The van der Waals surface area contributed by atoms with Crippen molar-refractivity contribution in [3.8, 4) is 5.75 Å². The molecule has 7 heteroatoms. The lowest BCUT2D eigenvalue weighted by molar-refractivity contribution is 0.0697. The van der Waals surface area contributed by atoms with Crippen LogP contribution < -0.4 is 4.74 Å². The summed E-state index contributed by atoms with van der Waals surface area (Å²) in [6, 6.07) is 6.11. The molecule has 0 saturated heterocycles. The second-order valence-corrected chi connectivity index (χ2v) is 3.31. The lowest BCUT2D eigenvalue weighted by Crippen LogP contribution is -2.00. The van der Waals surface area contributed by atoms with Crippen LogP contribution in [0.2, 0.25) is 0 Å². The molecule has 0 aliphatic heterocycles. The molecule has 2 aromatic rings. The second kappa shape index (κ2) is 4.60. The predicted molar refractivity (Wildman–Crippen MR) is 56.5 cm³/mol. The first-order chi connectivity index (χ1) is 8.15. The maximum Gasteiger partial charge on any atom is 0.335 e. The van der Waals surface area contributed by atoms with Crippen LogP contribution in [0.15, 0.2) is 24.3 Å². The normalized spacial score (nSPS) is 10.2. The number of tetrazole rings is 1. The highest BCUT2D eigenvalue weighted by Gasteiger charge is 2.04. The van der Waals surface area contributed by atoms with E-state index in [2.05, 4.69) is 15.4 Å². The smallest absolute Gasteiger partial charge is 0.335 e. The quantitative estimate of drug-likeness (QED) is 0.827. The van der Waals surface area contributed by atoms with Crippen molar-refractivity contribution >= 4 is 5.97 Å². The van der Waals surface area contributed by atoms with Crippen molar-refractivity contribution in [2.45, 2.75) is 6.61 Å². The summed E-state index contributed by atoms with van der Waals surface area (Å²) < 4.78 is 5.37. The van der Waals surface area contributed by atoms with E-state index >= 15 is 0 Å². The zero-order valence-electron chi connectivity index (χ0n) is 9.07. The number of rotatable bonds is 4. The van der Waals surface area contributed by atoms with Crippen molar-refractivity contribution in [3.63, 3.8) is 0 Å². The fourth-order valence-corrected chi connectivity index (χ4v) is 1.22. The molecule has 88 valence electrons. The third-order valence-electron chi connectivity index (χ3n) is 2.02. The first-order valence-electron chi connectivity index (χ1n) is 4.84. The van der Waals surface area contributed by atoms with Crippen molar-refractivity contribution in [2.24, 2.45) is 7.05 Å². The number of ether oxygens (including phenoxy) is 1. The van der Waals surface area contributed by atoms with Crippen LogP contribution in [-0.2, 0) is 13.7 Å². The molecule has 0 atom stereocenters. The van der Waals surface area contributed by atoms with Gasteiger partial charge in [-0.1, -0.05) is 0 Å². The van der Waals surface area contributed by atoms with Gasteiger partial charge in [0.25, 0.3) is 0 Å². The summed E-state index contributed by atoms with van der Waals surface area (Å²) in [6.07, 6.45) is 0. The van der Waals surface area contributed by atoms with Crippen molar-refractivity contribution in [1.29, 1.82) is 0 Å². The Bertz CT molecular complexity index is 521. The zero-order valence-corrected chi connectivity index (χ0v) is 9.07. The minimum atomic E-state index is -0.966. The van der Waals surface area contributed by atoms with Gasteiger partial charge in [-0.05, 0) is 29.5 Å². The lowest BCUT2D eigenvalue weighted by atomic mass is 10.2. The monoisotopic (exact) mass is 234 g/mol. The van der Waals surface area contributed by atoms with E-state index in [0.717, 1.165) is 0 Å². The van der Waals surface area contributed by atoms with E-state index in [1.807, 2.05) is 0 Å². The molecule has 1 heterocycles. The average molecular weight is 234 g/mol. The van der Waals surface area contributed by atoms with Crippen molar-refractivity contribution in [2.75, 3.05) is 0 Å². The second-order valence-electron chi connectivity index (χ2n) is 3.31. The van der Waals surface area contributed by atoms with Gasteiger partial charge in [0.15, 0.2) is 6.61 Å². The van der Waals surface area contributed by atoms with E-state index in [4.69, 9.17) is 9.84 Å². The molecule has 0 amide bonds. The number of carboxylic acids is 1. The number of aryl methyl sites for hydroxylation is 1. The molecule has 0 aliphatic carbocycles. The summed E-state index contributed by atoms with van der Waals surface area (Å²) >= 11 is 0. The van der Waals surface area contributed by atoms with E-state index in [1.54, 1.807) is 19.2 Å². The number of aromatic carboxylic acids is 1. The van der Waals surface area contributed by atoms with Gasteiger partial charge in [0.05, 0.1) is 12.6 Å². The van der Waals surface area contributed by atoms with Crippen LogP contribution in [-0.4, -0.2) is 31.3 Å². The largest absolute Gasteiger partial charge is 0.485 e. The zero-order chi connectivity index (χ0) is 12.3. The number of hydrogen-bond donors (Lipinski definition) is 1. The summed E-state index contributed by atoms with van der Waals surface area (Å²) in [5.74, 6) is 0.0596. The van der Waals surface area contributed by atoms with Crippen molar-refractivity contribution < 1.29 is 14.6 Å². The summed E-state index contributed by atoms with van der Waals surface area (Å²) in [5, 5.41) is 20.1. The third-order valence-corrected chi connectivity index (χ3v) is 2.02. The van der Waals surface area contributed by atoms with Gasteiger partial charge in [-0.3, -0.25) is 0 Å². The lowest BCUT2D eigenvalue weighted by Gasteiger charge is -2.03. The molecule has 1 aromatic heterocycles. The van der Waals surface area contributed by atoms with Gasteiger partial charge in [-0.25, -0.2) is 4.79 Å². The van der Waals surface area contributed by atoms with Crippen LogP contribution >= 0.6 is 0 Å². The number of hydrogen-bond acceptors (Lipinski definition) is 5. The summed E-state index contributed by atoms with van der Waals surface area (Å²) in [4.78, 5) is 12.0. The van der Waals surface area contributed by atoms with Gasteiger partial charge in [-0.15, -0.1) is 10.2 Å². The average Bonchev–Trinajstić information content (AvgIpc) is 2.73. The van der Waals surface area contributed by atoms with E-state index in [-0.39, 0.29) is 12.2 Å². The van der Waals surface area contributed by atoms with Crippen LogP contribution in [0.3, 0.4) is 0 Å². The molecule has 17 heavy (non-hydrogen) atoms. The molecule has 0 aliphatic rings. The van der Waals surface area contributed by atoms with Gasteiger partial charge >= 0.3 is 5.97 Å². The molecule has 0 saturated carbocycles. The van der Waals surface area contributed by atoms with Gasteiger partial charge in [-0.2, -0.15) is 4.80 Å². The Morgan fingerprint density at radius 3 is 2.65 bits per heavy atom. The molecule has 0 radical (unpaired) electrons. The molecule has 7 nitrogen and oxygen atoms in total. The van der Waals surface area contributed by atoms with E-state index in [0.29, 0.717) is 11.6 Å². The fourth-order valence-electron chi connectivity index (χ4n) is 1.22. The molecule has 0 unspecified atom stereocenters. The van der Waals surface area contributed by atoms with Crippen molar-refractivity contribution in [3.05, 3.63) is 35.7 Å². The number of aromatic nitrogens is 4. The first kappa shape index (κ1) is 11.1. The Labute approximate surface area is 96.6 Å². The van der Waals surface area contributed by atoms with E-state index < -0.39 is 5.97 Å². The number of carboxylic acid groups (broad SMARTS) is 1. The molecular weight excluding hydrogens is 224 g/mol. The Morgan fingerprint density at radius 2 is 2.12 bits per heavy atom. The number of nitrogens with zero attached hydrogens (tertiary/aromatic N) is 4. The Morgan fingerprint density at radius 1 is 1.41 bits per heavy atom. The van der Waals surface area contributed by atoms with Gasteiger partial charge in [0.2, 0.25) is 5.82 Å². The van der Waals surface area contributed by atoms with Gasteiger partial charge < -0.3 is 9.84 Å². The standard InChI is InChI=1S/C10H10N4O3/c1-14-12-9(11-13-14)6-17-8-4-2-7(3-5-8)10(15)16/h2-5H,6H2,1H3,(H,15,16). The van der Waals surface area contributed by atoms with Crippen molar-refractivity contribution in [1.82, 2.24) is 20.2 Å². The molecule has 0 spiro atoms. The molecular formula is C10H10N4O3. The SMILES string of the molecule is Cn1nnc(COc2ccc(C(=O)O)cc2)n1. The summed E-state index contributed by atoms with van der Waals surface area (Å²) in [6.45, 7) is 0.195. The Hall–Kier alpha value is -2.44. The molecule has 0 fully saturated rings. The molecule has 0 bridgehead atoms. The number of carbonyl (C=O) groups is 1. The van der Waals surface area contributed by atoms with Gasteiger partial charge in [0, 0.05) is 0 Å². The minimum absolute atomic E-state index is 0.195. The third kappa shape index (κ3) is 2.77. The topological polar surface area (TPSA) is 90.1 Å². The fraction of sp³-hybridized carbons (Fsp3) is 0.200. The summed E-state index contributed by atoms with van der Waals surface area (Å²) in [7, 11) is 1.66. The number of benzene rings is 1. The minimum Gasteiger partial charge on any atom is -0.485 e. The van der Waals surface area contributed by atoms with Crippen LogP contribution in [0.4, 0.5) is 0 Å². The highest BCUT2D eigenvalue weighted by molar-refractivity contribution is 5.87. The Kier molecular flexibility index (Phi) is 2.99. The highest BCUT2D eigenvalue weighted by atomic mass is 16.5. The van der Waals surface area contributed by atoms with Crippen LogP contribution in [0, 0.1) is 0 Å². The van der Waals surface area contributed by atoms with Crippen LogP contribution in [0.1, 0.15) is 16.2 Å². The molecule has 2 rings (SSSR count). The maximum atomic E-state index is 10.6. The van der Waals surface area contributed by atoms with Crippen LogP contribution in [0.25, 0.3) is 0 Å². The van der Waals surface area contributed by atoms with E-state index in [9.17, 15) is 4.79 Å². The van der Waals surface area contributed by atoms with Crippen LogP contribution in [0.5, 0.6) is 5.75 Å². The maximum absolute atomic E-state index is 10.6. The Balaban J connectivity index is 1.97. The molecule has 1 aromatic carbocycles.